The number of carbonyl (C=O) groups excluding carboxylic acids is 1. The van der Waals surface area contributed by atoms with Crippen molar-refractivity contribution < 1.29 is 29.3 Å². The van der Waals surface area contributed by atoms with Crippen LogP contribution in [0.5, 0.6) is 11.5 Å². The van der Waals surface area contributed by atoms with E-state index < -0.39 is 18.0 Å². The molecule has 0 bridgehead atoms. The molecule has 7 nitrogen and oxygen atoms in total. The van der Waals surface area contributed by atoms with Gasteiger partial charge < -0.3 is 25.0 Å². The van der Waals surface area contributed by atoms with Crippen molar-refractivity contribution in [1.29, 1.82) is 0 Å². The fraction of sp³-hybridized carbons (Fsp3) is 0.333. The molecule has 0 saturated heterocycles. The number of ether oxygens (including phenoxy) is 2. The fourth-order valence-electron chi connectivity index (χ4n) is 1.32. The Hall–Kier alpha value is -2.28. The van der Waals surface area contributed by atoms with Gasteiger partial charge in [-0.2, -0.15) is 0 Å². The van der Waals surface area contributed by atoms with E-state index in [9.17, 15) is 9.59 Å². The molecule has 1 rings (SSSR count). The third-order valence-corrected chi connectivity index (χ3v) is 2.35. The van der Waals surface area contributed by atoms with Crippen LogP contribution in [0.2, 0.25) is 0 Å². The summed E-state index contributed by atoms with van der Waals surface area (Å²) in [7, 11) is 2.90. The Morgan fingerprint density at radius 2 is 1.74 bits per heavy atom. The van der Waals surface area contributed by atoms with Crippen molar-refractivity contribution in [1.82, 2.24) is 5.32 Å². The maximum Gasteiger partial charge on any atom is 0.334 e. The lowest BCUT2D eigenvalue weighted by Crippen LogP contribution is -2.36. The number of hydrogen-bond donors (Lipinski definition) is 3. The molecule has 1 aromatic rings. The van der Waals surface area contributed by atoms with E-state index in [0.29, 0.717) is 11.5 Å². The molecular formula is C12H15NO6. The number of amides is 1. The van der Waals surface area contributed by atoms with E-state index >= 15 is 0 Å². The number of aliphatic hydroxyl groups excluding tert-OH is 1. The lowest BCUT2D eigenvalue weighted by Gasteiger charge is -2.10. The molecule has 0 aromatic heterocycles. The summed E-state index contributed by atoms with van der Waals surface area (Å²) in [6.07, 6.45) is -1.64. The molecule has 0 aliphatic carbocycles. The molecule has 0 aliphatic rings. The second-order valence-electron chi connectivity index (χ2n) is 3.67. The van der Waals surface area contributed by atoms with Crippen molar-refractivity contribution >= 4 is 11.9 Å². The molecule has 1 aromatic carbocycles. The normalized spacial score (nSPS) is 11.5. The van der Waals surface area contributed by atoms with Crippen molar-refractivity contribution in [2.75, 3.05) is 20.8 Å². The minimum Gasteiger partial charge on any atom is -0.497 e. The number of carboxylic acid groups (broad SMARTS) is 1. The number of carboxylic acids is 1. The van der Waals surface area contributed by atoms with Crippen LogP contribution >= 0.6 is 0 Å². The zero-order valence-corrected chi connectivity index (χ0v) is 10.5. The maximum absolute atomic E-state index is 11.8. The highest BCUT2D eigenvalue weighted by molar-refractivity contribution is 5.95. The number of nitrogens with one attached hydrogen (secondary N) is 1. The molecule has 3 N–H and O–H groups in total. The number of hydrogen-bond acceptors (Lipinski definition) is 5. The molecule has 1 amide bonds. The Kier molecular flexibility index (Phi) is 5.13. The van der Waals surface area contributed by atoms with E-state index in [0.717, 1.165) is 0 Å². The van der Waals surface area contributed by atoms with Crippen molar-refractivity contribution in [2.24, 2.45) is 0 Å². The van der Waals surface area contributed by atoms with Crippen LogP contribution < -0.4 is 14.8 Å². The summed E-state index contributed by atoms with van der Waals surface area (Å²) >= 11 is 0. The second kappa shape index (κ2) is 6.60. The average Bonchev–Trinajstić information content (AvgIpc) is 2.43. The largest absolute Gasteiger partial charge is 0.497 e. The minimum atomic E-state index is -1.64. The van der Waals surface area contributed by atoms with E-state index in [-0.39, 0.29) is 12.1 Å². The fourth-order valence-corrected chi connectivity index (χ4v) is 1.32. The first-order chi connectivity index (χ1) is 8.97. The summed E-state index contributed by atoms with van der Waals surface area (Å²) in [5.41, 5.74) is 0.244. The van der Waals surface area contributed by atoms with E-state index in [1.807, 2.05) is 0 Å². The summed E-state index contributed by atoms with van der Waals surface area (Å²) < 4.78 is 10.0. The van der Waals surface area contributed by atoms with Gasteiger partial charge >= 0.3 is 5.97 Å². The molecule has 7 heteroatoms. The SMILES string of the molecule is COc1cc(OC)cc(C(=O)NCC(O)C(=O)O)c1. The standard InChI is InChI=1S/C12H15NO6/c1-18-8-3-7(4-9(5-8)19-2)11(15)13-6-10(14)12(16)17/h3-5,10,14H,6H2,1-2H3,(H,13,15)(H,16,17). The number of rotatable bonds is 6. The van der Waals surface area contributed by atoms with Crippen molar-refractivity contribution in [3.05, 3.63) is 23.8 Å². The van der Waals surface area contributed by atoms with Gasteiger partial charge in [0.05, 0.1) is 20.8 Å². The Morgan fingerprint density at radius 1 is 1.21 bits per heavy atom. The lowest BCUT2D eigenvalue weighted by molar-refractivity contribution is -0.146. The molecule has 104 valence electrons. The quantitative estimate of drug-likeness (QED) is 0.665. The lowest BCUT2D eigenvalue weighted by atomic mass is 10.2. The van der Waals surface area contributed by atoms with E-state index in [1.54, 1.807) is 6.07 Å². The van der Waals surface area contributed by atoms with Crippen LogP contribution in [0.3, 0.4) is 0 Å². The van der Waals surface area contributed by atoms with Crippen LogP contribution in [0.15, 0.2) is 18.2 Å². The van der Waals surface area contributed by atoms with Crippen LogP contribution in [-0.2, 0) is 4.79 Å². The molecule has 0 spiro atoms. The Labute approximate surface area is 109 Å². The van der Waals surface area contributed by atoms with Gasteiger partial charge in [-0.05, 0) is 12.1 Å². The molecule has 0 radical (unpaired) electrons. The van der Waals surface area contributed by atoms with Gasteiger partial charge in [0.25, 0.3) is 5.91 Å². The van der Waals surface area contributed by atoms with Gasteiger partial charge in [0.1, 0.15) is 11.5 Å². The van der Waals surface area contributed by atoms with Crippen LogP contribution in [0, 0.1) is 0 Å². The summed E-state index contributed by atoms with van der Waals surface area (Å²) in [6, 6.07) is 4.55. The number of methoxy groups -OCH3 is 2. The maximum atomic E-state index is 11.8. The van der Waals surface area contributed by atoms with Gasteiger partial charge in [-0.3, -0.25) is 4.79 Å². The third kappa shape index (κ3) is 4.14. The van der Waals surface area contributed by atoms with Crippen molar-refractivity contribution in [3.63, 3.8) is 0 Å². The van der Waals surface area contributed by atoms with Crippen LogP contribution in [0.25, 0.3) is 0 Å². The highest BCUT2D eigenvalue weighted by Crippen LogP contribution is 2.22. The van der Waals surface area contributed by atoms with E-state index in [2.05, 4.69) is 5.32 Å². The van der Waals surface area contributed by atoms with Crippen LogP contribution in [-0.4, -0.2) is 49.0 Å². The number of benzene rings is 1. The molecule has 19 heavy (non-hydrogen) atoms. The van der Waals surface area contributed by atoms with Gasteiger partial charge in [0.15, 0.2) is 6.10 Å². The summed E-state index contributed by atoms with van der Waals surface area (Å²) in [6.45, 7) is -0.381. The topological polar surface area (TPSA) is 105 Å². The van der Waals surface area contributed by atoms with Crippen LogP contribution in [0.1, 0.15) is 10.4 Å². The van der Waals surface area contributed by atoms with Gasteiger partial charge in [-0.1, -0.05) is 0 Å². The number of carbonyl (C=O) groups is 2. The van der Waals surface area contributed by atoms with Crippen molar-refractivity contribution in [2.45, 2.75) is 6.10 Å². The summed E-state index contributed by atoms with van der Waals surface area (Å²) in [5.74, 6) is -1.06. The van der Waals surface area contributed by atoms with E-state index in [4.69, 9.17) is 19.7 Å². The first-order valence-corrected chi connectivity index (χ1v) is 5.40. The Morgan fingerprint density at radius 3 is 2.16 bits per heavy atom. The monoisotopic (exact) mass is 269 g/mol. The predicted molar refractivity (Wildman–Crippen MR) is 65.5 cm³/mol. The smallest absolute Gasteiger partial charge is 0.334 e. The zero-order valence-electron chi connectivity index (χ0n) is 10.5. The van der Waals surface area contributed by atoms with Gasteiger partial charge in [-0.25, -0.2) is 4.79 Å². The molecular weight excluding hydrogens is 254 g/mol. The third-order valence-electron chi connectivity index (χ3n) is 2.35. The summed E-state index contributed by atoms with van der Waals surface area (Å²) in [5, 5.41) is 19.9. The number of aliphatic carboxylic acids is 1. The average molecular weight is 269 g/mol. The Bertz CT molecular complexity index is 451. The first-order valence-electron chi connectivity index (χ1n) is 5.40. The predicted octanol–water partition coefficient (Wildman–Crippen LogP) is -0.121. The summed E-state index contributed by atoms with van der Waals surface area (Å²) in [4.78, 5) is 22.2. The highest BCUT2D eigenvalue weighted by atomic mass is 16.5. The zero-order chi connectivity index (χ0) is 14.4. The molecule has 0 aliphatic heterocycles. The molecule has 1 unspecified atom stereocenters. The first kappa shape index (κ1) is 14.8. The van der Waals surface area contributed by atoms with Gasteiger partial charge in [-0.15, -0.1) is 0 Å². The molecule has 0 heterocycles. The number of aliphatic hydroxyl groups is 1. The van der Waals surface area contributed by atoms with Crippen molar-refractivity contribution in [3.8, 4) is 11.5 Å². The van der Waals surface area contributed by atoms with Crippen LogP contribution in [0.4, 0.5) is 0 Å². The van der Waals surface area contributed by atoms with E-state index in [1.165, 1.54) is 26.4 Å². The molecule has 0 saturated carbocycles. The molecule has 1 atom stereocenters. The molecule has 0 fully saturated rings. The Balaban J connectivity index is 2.78. The van der Waals surface area contributed by atoms with Gasteiger partial charge in [0.2, 0.25) is 0 Å². The highest BCUT2D eigenvalue weighted by Gasteiger charge is 2.15. The minimum absolute atomic E-state index is 0.244. The second-order valence-corrected chi connectivity index (χ2v) is 3.67. The van der Waals surface area contributed by atoms with Gasteiger partial charge in [0, 0.05) is 11.6 Å².